The third kappa shape index (κ3) is 2.00. The highest BCUT2D eigenvalue weighted by atomic mass is 35.5. The van der Waals surface area contributed by atoms with Crippen molar-refractivity contribution in [2.75, 3.05) is 0 Å². The quantitative estimate of drug-likeness (QED) is 0.501. The van der Waals surface area contributed by atoms with Crippen LogP contribution in [0.5, 0.6) is 0 Å². The molecule has 0 aliphatic rings. The van der Waals surface area contributed by atoms with Crippen molar-refractivity contribution in [2.45, 2.75) is 0 Å². The topological polar surface area (TPSA) is 34.9 Å². The second kappa shape index (κ2) is 4.76. The second-order valence-electron chi connectivity index (χ2n) is 4.47. The molecule has 0 atom stereocenters. The van der Waals surface area contributed by atoms with E-state index in [0.717, 1.165) is 11.0 Å². The Morgan fingerprint density at radius 1 is 1.20 bits per heavy atom. The molecule has 0 saturated carbocycles. The monoisotopic (exact) mass is 286 g/mol. The van der Waals surface area contributed by atoms with Crippen LogP contribution in [0.15, 0.2) is 47.4 Å². The van der Waals surface area contributed by atoms with E-state index in [1.54, 1.807) is 24.4 Å². The Kier molecular flexibility index (Phi) is 3.06. The van der Waals surface area contributed by atoms with Gasteiger partial charge in [0.15, 0.2) is 7.85 Å². The van der Waals surface area contributed by atoms with Crippen LogP contribution in [-0.2, 0) is 0 Å². The van der Waals surface area contributed by atoms with Gasteiger partial charge in [0.25, 0.3) is 5.56 Å². The van der Waals surface area contributed by atoms with Gasteiger partial charge in [-0.05, 0) is 47.4 Å². The lowest BCUT2D eigenvalue weighted by Gasteiger charge is -2.12. The molecule has 0 aliphatic carbocycles. The van der Waals surface area contributed by atoms with Crippen molar-refractivity contribution in [2.24, 2.45) is 0 Å². The van der Waals surface area contributed by atoms with E-state index in [4.69, 9.17) is 11.6 Å². The summed E-state index contributed by atoms with van der Waals surface area (Å²) >= 11 is 6.01. The summed E-state index contributed by atoms with van der Waals surface area (Å²) in [6, 6.07) is 9.34. The van der Waals surface area contributed by atoms with E-state index in [2.05, 4.69) is 4.98 Å². The Morgan fingerprint density at radius 3 is 2.60 bits per heavy atom. The normalized spacial score (nSPS) is 10.9. The van der Waals surface area contributed by atoms with E-state index < -0.39 is 0 Å². The van der Waals surface area contributed by atoms with Crippen molar-refractivity contribution < 1.29 is 4.39 Å². The first kappa shape index (κ1) is 12.9. The lowest BCUT2D eigenvalue weighted by molar-refractivity contribution is 0.627. The fourth-order valence-electron chi connectivity index (χ4n) is 2.25. The van der Waals surface area contributed by atoms with Gasteiger partial charge < -0.3 is 0 Å². The lowest BCUT2D eigenvalue weighted by atomic mass is 10.00. The highest BCUT2D eigenvalue weighted by molar-refractivity contribution is 6.35. The third-order valence-corrected chi connectivity index (χ3v) is 3.44. The van der Waals surface area contributed by atoms with Gasteiger partial charge in [-0.1, -0.05) is 11.6 Å². The molecule has 20 heavy (non-hydrogen) atoms. The SMILES string of the molecule is Bc1cc2ccnc(Cl)c2c(=O)n1-c1ccc(F)cc1. The van der Waals surface area contributed by atoms with Gasteiger partial charge in [-0.2, -0.15) is 0 Å². The molecule has 0 unspecified atom stereocenters. The molecule has 3 rings (SSSR count). The summed E-state index contributed by atoms with van der Waals surface area (Å²) in [7, 11) is 1.82. The summed E-state index contributed by atoms with van der Waals surface area (Å²) in [5.74, 6) is -0.347. The molecule has 0 fully saturated rings. The van der Waals surface area contributed by atoms with Crippen LogP contribution < -0.4 is 11.2 Å². The standard InChI is InChI=1S/C14H9BClFN2O/c15-11-7-8-5-6-18-13(16)12(8)14(20)19(11)10-3-1-9(17)2-4-10/h1-7H,15H2. The van der Waals surface area contributed by atoms with Gasteiger partial charge in [-0.3, -0.25) is 9.36 Å². The summed E-state index contributed by atoms with van der Waals surface area (Å²) in [4.78, 5) is 16.5. The Labute approximate surface area is 120 Å². The number of rotatable bonds is 1. The highest BCUT2D eigenvalue weighted by Crippen LogP contribution is 2.17. The Bertz CT molecular complexity index is 861. The second-order valence-corrected chi connectivity index (χ2v) is 4.83. The number of pyridine rings is 2. The van der Waals surface area contributed by atoms with Crippen LogP contribution in [0.3, 0.4) is 0 Å². The van der Waals surface area contributed by atoms with Gasteiger partial charge in [-0.15, -0.1) is 0 Å². The molecular formula is C14H9BClFN2O. The molecule has 2 aromatic heterocycles. The van der Waals surface area contributed by atoms with Crippen molar-refractivity contribution in [3.8, 4) is 5.69 Å². The average Bonchev–Trinajstić information content (AvgIpc) is 2.40. The van der Waals surface area contributed by atoms with Gasteiger partial charge in [0.1, 0.15) is 11.0 Å². The predicted molar refractivity (Wildman–Crippen MR) is 80.5 cm³/mol. The number of halogens is 2. The third-order valence-electron chi connectivity index (χ3n) is 3.16. The summed E-state index contributed by atoms with van der Waals surface area (Å²) in [6.45, 7) is 0. The predicted octanol–water partition coefficient (Wildman–Crippen LogP) is 1.44. The van der Waals surface area contributed by atoms with Crippen molar-refractivity contribution in [1.82, 2.24) is 9.55 Å². The van der Waals surface area contributed by atoms with Crippen LogP contribution in [0.25, 0.3) is 16.5 Å². The number of hydrogen-bond donors (Lipinski definition) is 0. The smallest absolute Gasteiger partial charge is 0.265 e. The van der Waals surface area contributed by atoms with Gasteiger partial charge in [-0.25, -0.2) is 9.37 Å². The van der Waals surface area contributed by atoms with Crippen LogP contribution in [0.4, 0.5) is 4.39 Å². The van der Waals surface area contributed by atoms with E-state index >= 15 is 0 Å². The summed E-state index contributed by atoms with van der Waals surface area (Å²) in [5, 5.41) is 1.28. The molecule has 3 nitrogen and oxygen atoms in total. The summed E-state index contributed by atoms with van der Waals surface area (Å²) in [5.41, 5.74) is 1.08. The zero-order valence-electron chi connectivity index (χ0n) is 10.6. The molecule has 0 spiro atoms. The van der Waals surface area contributed by atoms with Crippen LogP contribution in [0.1, 0.15) is 0 Å². The van der Waals surface area contributed by atoms with Crippen LogP contribution in [0, 0.1) is 5.82 Å². The molecule has 0 saturated heterocycles. The molecule has 0 N–H and O–H groups in total. The maximum absolute atomic E-state index is 13.0. The molecular weight excluding hydrogens is 277 g/mol. The summed E-state index contributed by atoms with van der Waals surface area (Å²) < 4.78 is 14.5. The molecule has 0 radical (unpaired) electrons. The molecule has 1 aromatic carbocycles. The first-order valence-corrected chi connectivity index (χ1v) is 6.38. The van der Waals surface area contributed by atoms with E-state index in [1.165, 1.54) is 16.7 Å². The minimum absolute atomic E-state index is 0.170. The molecule has 6 heteroatoms. The first-order valence-electron chi connectivity index (χ1n) is 6.01. The zero-order valence-corrected chi connectivity index (χ0v) is 11.4. The minimum Gasteiger partial charge on any atom is -0.291 e. The fraction of sp³-hybridized carbons (Fsp3) is 0. The highest BCUT2D eigenvalue weighted by Gasteiger charge is 2.11. The maximum atomic E-state index is 13.0. The number of aromatic nitrogens is 2. The maximum Gasteiger partial charge on any atom is 0.265 e. The van der Waals surface area contributed by atoms with E-state index in [1.807, 2.05) is 13.9 Å². The molecule has 0 bridgehead atoms. The lowest BCUT2D eigenvalue weighted by Crippen LogP contribution is -2.32. The Hall–Kier alpha value is -2.14. The Morgan fingerprint density at radius 2 is 1.90 bits per heavy atom. The van der Waals surface area contributed by atoms with Crippen LogP contribution >= 0.6 is 11.6 Å². The molecule has 0 amide bonds. The van der Waals surface area contributed by atoms with E-state index in [-0.39, 0.29) is 16.5 Å². The van der Waals surface area contributed by atoms with Crippen LogP contribution in [-0.4, -0.2) is 17.4 Å². The largest absolute Gasteiger partial charge is 0.291 e. The molecule has 2 heterocycles. The molecule has 0 aliphatic heterocycles. The van der Waals surface area contributed by atoms with Crippen molar-refractivity contribution >= 4 is 35.8 Å². The minimum atomic E-state index is -0.347. The van der Waals surface area contributed by atoms with Crippen LogP contribution in [0.2, 0.25) is 5.15 Å². The van der Waals surface area contributed by atoms with Crippen molar-refractivity contribution in [1.29, 1.82) is 0 Å². The Balaban J connectivity index is 2.39. The summed E-state index contributed by atoms with van der Waals surface area (Å²) in [6.07, 6.45) is 1.56. The van der Waals surface area contributed by atoms with E-state index in [9.17, 15) is 9.18 Å². The number of benzene rings is 1. The van der Waals surface area contributed by atoms with Gasteiger partial charge in [0.2, 0.25) is 0 Å². The van der Waals surface area contributed by atoms with Gasteiger partial charge in [0, 0.05) is 11.9 Å². The van der Waals surface area contributed by atoms with Gasteiger partial charge in [0.05, 0.1) is 5.39 Å². The van der Waals surface area contributed by atoms with Crippen molar-refractivity contribution in [3.63, 3.8) is 0 Å². The van der Waals surface area contributed by atoms with Gasteiger partial charge >= 0.3 is 0 Å². The zero-order chi connectivity index (χ0) is 14.3. The number of nitrogens with zero attached hydrogens (tertiary/aromatic N) is 2. The molecule has 98 valence electrons. The van der Waals surface area contributed by atoms with Crippen molar-refractivity contribution in [3.05, 3.63) is 63.9 Å². The number of hydrogen-bond acceptors (Lipinski definition) is 2. The number of fused-ring (bicyclic) bond motifs is 1. The first-order chi connectivity index (χ1) is 9.58. The fourth-order valence-corrected chi connectivity index (χ4v) is 2.50. The average molecular weight is 287 g/mol. The van der Waals surface area contributed by atoms with E-state index in [0.29, 0.717) is 11.1 Å². The molecule has 3 aromatic rings.